The van der Waals surface area contributed by atoms with E-state index in [2.05, 4.69) is 11.9 Å². The molecular formula is C7H13NO. The van der Waals surface area contributed by atoms with Crippen molar-refractivity contribution in [3.8, 4) is 0 Å². The lowest BCUT2D eigenvalue weighted by atomic mass is 10.1. The van der Waals surface area contributed by atoms with Gasteiger partial charge in [-0.2, -0.15) is 0 Å². The van der Waals surface area contributed by atoms with Crippen LogP contribution in [-0.2, 0) is 4.74 Å². The van der Waals surface area contributed by atoms with Crippen LogP contribution in [0.4, 0.5) is 0 Å². The minimum Gasteiger partial charge on any atom is -0.386 e. The largest absolute Gasteiger partial charge is 0.386 e. The Hall–Kier alpha value is -0.500. The van der Waals surface area contributed by atoms with Gasteiger partial charge in [0.2, 0.25) is 0 Å². The van der Waals surface area contributed by atoms with Crippen molar-refractivity contribution in [3.05, 3.63) is 12.8 Å². The topological polar surface area (TPSA) is 21.3 Å². The highest BCUT2D eigenvalue weighted by atomic mass is 16.5. The van der Waals surface area contributed by atoms with E-state index < -0.39 is 0 Å². The molecule has 2 heteroatoms. The van der Waals surface area contributed by atoms with Gasteiger partial charge in [0.15, 0.2) is 0 Å². The molecule has 0 aromatic carbocycles. The van der Waals surface area contributed by atoms with Gasteiger partial charge in [0.1, 0.15) is 0 Å². The fraction of sp³-hybridized carbons (Fsp3) is 0.714. The van der Waals surface area contributed by atoms with Crippen LogP contribution in [0.25, 0.3) is 0 Å². The third-order valence-electron chi connectivity index (χ3n) is 1.51. The van der Waals surface area contributed by atoms with E-state index in [0.717, 1.165) is 13.2 Å². The van der Waals surface area contributed by atoms with E-state index in [1.165, 1.54) is 12.8 Å². The molecule has 9 heavy (non-hydrogen) atoms. The molecule has 0 aromatic rings. The highest BCUT2D eigenvalue weighted by molar-refractivity contribution is 4.75. The van der Waals surface area contributed by atoms with Crippen LogP contribution in [0.1, 0.15) is 12.8 Å². The van der Waals surface area contributed by atoms with Crippen molar-refractivity contribution in [2.45, 2.75) is 18.9 Å². The van der Waals surface area contributed by atoms with E-state index in [1.807, 2.05) is 0 Å². The van der Waals surface area contributed by atoms with Crippen LogP contribution >= 0.6 is 0 Å². The molecule has 0 bridgehead atoms. The second-order valence-corrected chi connectivity index (χ2v) is 2.28. The molecule has 1 aliphatic heterocycles. The maximum Gasteiger partial charge on any atom is 0.0667 e. The Bertz CT molecular complexity index is 86.9. The lowest BCUT2D eigenvalue weighted by Crippen LogP contribution is -2.33. The van der Waals surface area contributed by atoms with E-state index in [-0.39, 0.29) is 0 Å². The molecule has 52 valence electrons. The van der Waals surface area contributed by atoms with Crippen molar-refractivity contribution in [3.63, 3.8) is 0 Å². The number of nitrogens with one attached hydrogen (secondary N) is 1. The van der Waals surface area contributed by atoms with Gasteiger partial charge in [-0.15, -0.1) is 0 Å². The average Bonchev–Trinajstić information content (AvgIpc) is 1.91. The monoisotopic (exact) mass is 127 g/mol. The first-order valence-electron chi connectivity index (χ1n) is 3.38. The zero-order valence-corrected chi connectivity index (χ0v) is 5.60. The average molecular weight is 127 g/mol. The lowest BCUT2D eigenvalue weighted by Gasteiger charge is -2.21. The molecule has 2 nitrogen and oxygen atoms in total. The summed E-state index contributed by atoms with van der Waals surface area (Å²) in [5.41, 5.74) is 0. The minimum absolute atomic E-state index is 0.510. The lowest BCUT2D eigenvalue weighted by molar-refractivity contribution is 0.0748. The Labute approximate surface area is 55.9 Å². The summed E-state index contributed by atoms with van der Waals surface area (Å²) in [7, 11) is 0. The maximum absolute atomic E-state index is 5.22. The molecule has 0 radical (unpaired) electrons. The van der Waals surface area contributed by atoms with E-state index in [9.17, 15) is 0 Å². The molecule has 0 unspecified atom stereocenters. The van der Waals surface area contributed by atoms with E-state index in [1.54, 1.807) is 6.20 Å². The first-order chi connectivity index (χ1) is 4.43. The molecule has 1 saturated heterocycles. The van der Waals surface area contributed by atoms with Gasteiger partial charge < -0.3 is 10.1 Å². The van der Waals surface area contributed by atoms with Crippen LogP contribution in [-0.4, -0.2) is 19.3 Å². The van der Waals surface area contributed by atoms with E-state index >= 15 is 0 Å². The van der Waals surface area contributed by atoms with Gasteiger partial charge in [-0.25, -0.2) is 0 Å². The number of rotatable bonds is 2. The summed E-state index contributed by atoms with van der Waals surface area (Å²) in [6, 6.07) is 0.510. The molecule has 0 aliphatic carbocycles. The van der Waals surface area contributed by atoms with Crippen molar-refractivity contribution in [2.75, 3.05) is 13.2 Å². The normalized spacial score (nSPS) is 27.3. The maximum atomic E-state index is 5.22. The van der Waals surface area contributed by atoms with Crippen molar-refractivity contribution < 1.29 is 4.74 Å². The molecule has 1 heterocycles. The van der Waals surface area contributed by atoms with Gasteiger partial charge in [-0.3, -0.25) is 0 Å². The summed E-state index contributed by atoms with van der Waals surface area (Å²) in [4.78, 5) is 0. The standard InChI is InChI=1S/C7H13NO/c1-2-8-7-4-3-5-9-6-7/h2,7-8H,1,3-6H2/t7-/m0/s1. The van der Waals surface area contributed by atoms with Crippen LogP contribution < -0.4 is 5.32 Å². The second-order valence-electron chi connectivity index (χ2n) is 2.28. The summed E-state index contributed by atoms with van der Waals surface area (Å²) < 4.78 is 5.22. The first kappa shape index (κ1) is 6.62. The molecule has 0 spiro atoms. The molecule has 1 N–H and O–H groups in total. The predicted octanol–water partition coefficient (Wildman–Crippen LogP) is 0.898. The van der Waals surface area contributed by atoms with E-state index in [0.29, 0.717) is 6.04 Å². The van der Waals surface area contributed by atoms with E-state index in [4.69, 9.17) is 4.74 Å². The Balaban J connectivity index is 2.15. The Morgan fingerprint density at radius 3 is 3.11 bits per heavy atom. The van der Waals surface area contributed by atoms with Crippen molar-refractivity contribution in [2.24, 2.45) is 0 Å². The third kappa shape index (κ3) is 2.06. The molecule has 1 aliphatic rings. The van der Waals surface area contributed by atoms with Crippen molar-refractivity contribution in [1.82, 2.24) is 5.32 Å². The fourth-order valence-corrected chi connectivity index (χ4v) is 1.04. The van der Waals surface area contributed by atoms with Crippen molar-refractivity contribution in [1.29, 1.82) is 0 Å². The first-order valence-corrected chi connectivity index (χ1v) is 3.38. The smallest absolute Gasteiger partial charge is 0.0667 e. The fourth-order valence-electron chi connectivity index (χ4n) is 1.04. The number of hydrogen-bond donors (Lipinski definition) is 1. The third-order valence-corrected chi connectivity index (χ3v) is 1.51. The van der Waals surface area contributed by atoms with Gasteiger partial charge >= 0.3 is 0 Å². The summed E-state index contributed by atoms with van der Waals surface area (Å²) in [6.07, 6.45) is 4.12. The number of hydrogen-bond acceptors (Lipinski definition) is 2. The Morgan fingerprint density at radius 1 is 1.67 bits per heavy atom. The molecule has 1 atom stereocenters. The minimum atomic E-state index is 0.510. The van der Waals surface area contributed by atoms with Gasteiger partial charge in [0.25, 0.3) is 0 Å². The molecular weight excluding hydrogens is 114 g/mol. The van der Waals surface area contributed by atoms with Crippen LogP contribution in [0.15, 0.2) is 12.8 Å². The van der Waals surface area contributed by atoms with Gasteiger partial charge in [-0.1, -0.05) is 6.58 Å². The zero-order valence-electron chi connectivity index (χ0n) is 5.60. The van der Waals surface area contributed by atoms with Crippen LogP contribution in [0.5, 0.6) is 0 Å². The SMILES string of the molecule is C=CN[C@H]1CCCOC1. The zero-order chi connectivity index (χ0) is 6.53. The molecule has 1 fully saturated rings. The summed E-state index contributed by atoms with van der Waals surface area (Å²) in [5.74, 6) is 0. The van der Waals surface area contributed by atoms with Gasteiger partial charge in [0.05, 0.1) is 6.61 Å². The van der Waals surface area contributed by atoms with Crippen LogP contribution in [0, 0.1) is 0 Å². The summed E-state index contributed by atoms with van der Waals surface area (Å²) in [5, 5.41) is 3.12. The Kier molecular flexibility index (Phi) is 2.58. The quantitative estimate of drug-likeness (QED) is 0.595. The van der Waals surface area contributed by atoms with Crippen LogP contribution in [0.3, 0.4) is 0 Å². The molecule has 0 amide bonds. The van der Waals surface area contributed by atoms with Crippen molar-refractivity contribution >= 4 is 0 Å². The van der Waals surface area contributed by atoms with Crippen LogP contribution in [0.2, 0.25) is 0 Å². The second kappa shape index (κ2) is 3.51. The highest BCUT2D eigenvalue weighted by Gasteiger charge is 2.10. The predicted molar refractivity (Wildman–Crippen MR) is 37.2 cm³/mol. The molecule has 1 rings (SSSR count). The highest BCUT2D eigenvalue weighted by Crippen LogP contribution is 2.04. The van der Waals surface area contributed by atoms with Gasteiger partial charge in [0, 0.05) is 12.6 Å². The molecule has 0 aromatic heterocycles. The number of ether oxygens (including phenoxy) is 1. The molecule has 0 saturated carbocycles. The summed E-state index contributed by atoms with van der Waals surface area (Å²) in [6.45, 7) is 5.35. The Morgan fingerprint density at radius 2 is 2.56 bits per heavy atom. The summed E-state index contributed by atoms with van der Waals surface area (Å²) >= 11 is 0. The van der Waals surface area contributed by atoms with Gasteiger partial charge in [-0.05, 0) is 19.0 Å².